The van der Waals surface area contributed by atoms with E-state index in [1.54, 1.807) is 30.2 Å². The van der Waals surface area contributed by atoms with Gasteiger partial charge in [-0.15, -0.1) is 10.2 Å². The molecule has 0 saturated heterocycles. The van der Waals surface area contributed by atoms with E-state index >= 15 is 0 Å². The van der Waals surface area contributed by atoms with Crippen molar-refractivity contribution in [2.45, 2.75) is 36.9 Å². The zero-order chi connectivity index (χ0) is 30.9. The summed E-state index contributed by atoms with van der Waals surface area (Å²) in [5.41, 5.74) is 8.63. The maximum atomic E-state index is 13.7. The number of aromatic nitrogens is 2. The fourth-order valence-electron chi connectivity index (χ4n) is 5.33. The number of ketones is 1. The molecule has 11 nitrogen and oxygen atoms in total. The third-order valence-electron chi connectivity index (χ3n) is 7.15. The van der Waals surface area contributed by atoms with E-state index in [0.717, 1.165) is 17.3 Å². The number of aromatic carboxylic acids is 1. The number of methoxy groups -OCH3 is 1. The van der Waals surface area contributed by atoms with Gasteiger partial charge in [-0.25, -0.2) is 4.79 Å². The zero-order valence-corrected chi connectivity index (χ0v) is 25.2. The summed E-state index contributed by atoms with van der Waals surface area (Å²) >= 11 is 2.30. The number of thioether (sulfide) groups is 1. The second-order valence-electron chi connectivity index (χ2n) is 10.8. The molecular formula is C30H28N6O5S2. The van der Waals surface area contributed by atoms with E-state index < -0.39 is 17.8 Å². The number of hydrogen-bond donors (Lipinski definition) is 3. The second-order valence-corrected chi connectivity index (χ2v) is 13.0. The van der Waals surface area contributed by atoms with Crippen LogP contribution in [0.3, 0.4) is 0 Å². The normalized spacial score (nSPS) is 17.8. The number of rotatable bonds is 8. The number of hydrogen-bond acceptors (Lipinski definition) is 11. The first-order valence-corrected chi connectivity index (χ1v) is 15.0. The highest BCUT2D eigenvalue weighted by Gasteiger charge is 2.45. The topological polar surface area (TPSA) is 172 Å². The van der Waals surface area contributed by atoms with Crippen molar-refractivity contribution in [2.24, 2.45) is 11.1 Å². The molecule has 0 saturated carbocycles. The lowest BCUT2D eigenvalue weighted by molar-refractivity contribution is -0.118. The monoisotopic (exact) mass is 616 g/mol. The number of anilines is 2. The molecule has 1 atom stereocenters. The van der Waals surface area contributed by atoms with Crippen LogP contribution in [0.15, 0.2) is 75.5 Å². The van der Waals surface area contributed by atoms with Crippen molar-refractivity contribution >= 4 is 51.6 Å². The van der Waals surface area contributed by atoms with Gasteiger partial charge in [-0.05, 0) is 41.7 Å². The maximum absolute atomic E-state index is 13.7. The first-order valence-electron chi connectivity index (χ1n) is 13.2. The number of carbonyl (C=O) groups is 3. The zero-order valence-electron chi connectivity index (χ0n) is 23.6. The Morgan fingerprint density at radius 2 is 2.00 bits per heavy atom. The minimum absolute atomic E-state index is 0.0130. The summed E-state index contributed by atoms with van der Waals surface area (Å²) in [4.78, 5) is 39.4. The number of allylic oxidation sites excluding steroid dienone is 3. The Morgan fingerprint density at radius 1 is 1.23 bits per heavy atom. The van der Waals surface area contributed by atoms with Crippen molar-refractivity contribution in [3.8, 4) is 11.8 Å². The summed E-state index contributed by atoms with van der Waals surface area (Å²) < 4.78 is 5.86. The van der Waals surface area contributed by atoms with Gasteiger partial charge in [0.1, 0.15) is 11.6 Å². The lowest BCUT2D eigenvalue weighted by Crippen LogP contribution is -2.42. The van der Waals surface area contributed by atoms with Crippen LogP contribution in [0.5, 0.6) is 5.75 Å². The van der Waals surface area contributed by atoms with Gasteiger partial charge in [-0.2, -0.15) is 5.26 Å². The van der Waals surface area contributed by atoms with E-state index in [-0.39, 0.29) is 39.6 Å². The Hall–Kier alpha value is -4.67. The molecule has 2 aromatic carbocycles. The van der Waals surface area contributed by atoms with Crippen molar-refractivity contribution in [1.82, 2.24) is 10.2 Å². The predicted molar refractivity (Wildman–Crippen MR) is 163 cm³/mol. The fourth-order valence-corrected chi connectivity index (χ4v) is 7.01. The smallest absolute Gasteiger partial charge is 0.337 e. The van der Waals surface area contributed by atoms with Crippen LogP contribution in [0, 0.1) is 16.7 Å². The van der Waals surface area contributed by atoms with Gasteiger partial charge >= 0.3 is 5.97 Å². The number of ether oxygens (including phenoxy) is 1. The predicted octanol–water partition coefficient (Wildman–Crippen LogP) is 4.92. The lowest BCUT2D eigenvalue weighted by atomic mass is 9.68. The standard InChI is InChI=1S/C30H28N6O5S2/c1-30(2)12-21-25(22(37)13-30)24(16-7-6-8-17(11-16)41-3)19(14-31)26(32)36(21)28-34-35-29(43-28)42-15-23(38)33-20-10-5-4-9-18(20)27(39)40/h4-11,24H,12-13,15,32H2,1-3H3,(H,33,38)(H,39,40). The molecule has 13 heteroatoms. The number of Topliss-reactive ketones (excluding diaryl/α,β-unsaturated/α-hetero) is 1. The molecule has 220 valence electrons. The van der Waals surface area contributed by atoms with Crippen LogP contribution in [0.1, 0.15) is 48.5 Å². The van der Waals surface area contributed by atoms with Crippen LogP contribution >= 0.6 is 23.1 Å². The van der Waals surface area contributed by atoms with E-state index in [9.17, 15) is 24.8 Å². The highest BCUT2D eigenvalue weighted by Crippen LogP contribution is 2.51. The summed E-state index contributed by atoms with van der Waals surface area (Å²) in [5.74, 6) is -1.57. The number of amides is 1. The minimum Gasteiger partial charge on any atom is -0.497 e. The van der Waals surface area contributed by atoms with Crippen LogP contribution in [0.25, 0.3) is 0 Å². The van der Waals surface area contributed by atoms with Crippen LogP contribution in [0.4, 0.5) is 10.8 Å². The number of carbonyl (C=O) groups excluding carboxylic acids is 2. The first-order chi connectivity index (χ1) is 20.5. The Morgan fingerprint density at radius 3 is 2.72 bits per heavy atom. The minimum atomic E-state index is -1.15. The quantitative estimate of drug-likeness (QED) is 0.294. The summed E-state index contributed by atoms with van der Waals surface area (Å²) in [6, 6.07) is 15.7. The van der Waals surface area contributed by atoms with Crippen molar-refractivity contribution in [2.75, 3.05) is 23.1 Å². The summed E-state index contributed by atoms with van der Waals surface area (Å²) in [6.45, 7) is 4.02. The molecule has 2 heterocycles. The largest absolute Gasteiger partial charge is 0.497 e. The first kappa shape index (κ1) is 29.8. The number of nitriles is 1. The number of nitrogens with one attached hydrogen (secondary N) is 1. The maximum Gasteiger partial charge on any atom is 0.337 e. The number of carboxylic acids is 1. The molecule has 0 spiro atoms. The van der Waals surface area contributed by atoms with Gasteiger partial charge in [0.2, 0.25) is 11.0 Å². The summed E-state index contributed by atoms with van der Waals surface area (Å²) in [5, 5.41) is 31.2. The number of carboxylic acid groups (broad SMARTS) is 1. The third kappa shape index (κ3) is 5.97. The highest BCUT2D eigenvalue weighted by atomic mass is 32.2. The Bertz CT molecular complexity index is 1740. The molecule has 5 rings (SSSR count). The molecule has 43 heavy (non-hydrogen) atoms. The molecule has 0 radical (unpaired) electrons. The number of para-hydroxylation sites is 1. The Labute approximate surface area is 256 Å². The Balaban J connectivity index is 1.46. The molecule has 1 aliphatic heterocycles. The molecule has 0 bridgehead atoms. The highest BCUT2D eigenvalue weighted by molar-refractivity contribution is 8.01. The molecule has 1 aliphatic carbocycles. The van der Waals surface area contributed by atoms with Crippen LogP contribution in [0.2, 0.25) is 0 Å². The van der Waals surface area contributed by atoms with E-state index in [4.69, 9.17) is 10.5 Å². The average molecular weight is 617 g/mol. The average Bonchev–Trinajstić information content (AvgIpc) is 3.43. The van der Waals surface area contributed by atoms with Crippen molar-refractivity contribution in [3.63, 3.8) is 0 Å². The van der Waals surface area contributed by atoms with Gasteiger partial charge in [-0.1, -0.05) is 61.2 Å². The van der Waals surface area contributed by atoms with E-state index in [1.807, 2.05) is 32.0 Å². The number of nitrogens with two attached hydrogens (primary N) is 1. The van der Waals surface area contributed by atoms with Gasteiger partial charge in [-0.3, -0.25) is 14.5 Å². The molecule has 1 amide bonds. The summed E-state index contributed by atoms with van der Waals surface area (Å²) in [7, 11) is 1.56. The molecule has 1 unspecified atom stereocenters. The van der Waals surface area contributed by atoms with Gasteiger partial charge in [0.25, 0.3) is 0 Å². The van der Waals surface area contributed by atoms with E-state index in [0.29, 0.717) is 39.3 Å². The summed E-state index contributed by atoms with van der Waals surface area (Å²) in [6.07, 6.45) is 0.831. The van der Waals surface area contributed by atoms with E-state index in [1.165, 1.54) is 23.5 Å². The molecule has 1 aromatic heterocycles. The number of benzene rings is 2. The van der Waals surface area contributed by atoms with Crippen LogP contribution in [-0.2, 0) is 9.59 Å². The van der Waals surface area contributed by atoms with Crippen molar-refractivity contribution in [1.29, 1.82) is 5.26 Å². The third-order valence-corrected chi connectivity index (χ3v) is 9.20. The van der Waals surface area contributed by atoms with Crippen molar-refractivity contribution in [3.05, 3.63) is 82.3 Å². The van der Waals surface area contributed by atoms with Gasteiger partial charge in [0.05, 0.1) is 41.7 Å². The van der Waals surface area contributed by atoms with Crippen molar-refractivity contribution < 1.29 is 24.2 Å². The number of nitrogens with zero attached hydrogens (tertiary/aromatic N) is 4. The second kappa shape index (κ2) is 11.9. The SMILES string of the molecule is COc1cccc(C2C(C#N)=C(N)N(c3nnc(SCC(=O)Nc4ccccc4C(=O)O)s3)C3=C2C(=O)CC(C)(C)C3)c1. The van der Waals surface area contributed by atoms with Crippen LogP contribution in [-0.4, -0.2) is 45.8 Å². The molecule has 3 aromatic rings. The fraction of sp³-hybridized carbons (Fsp3) is 0.267. The van der Waals surface area contributed by atoms with Gasteiger partial charge < -0.3 is 20.9 Å². The molecule has 4 N–H and O–H groups in total. The molecule has 2 aliphatic rings. The molecule has 0 fully saturated rings. The van der Waals surface area contributed by atoms with Gasteiger partial charge in [0, 0.05) is 17.7 Å². The van der Waals surface area contributed by atoms with E-state index in [2.05, 4.69) is 21.6 Å². The Kier molecular flexibility index (Phi) is 8.25. The lowest BCUT2D eigenvalue weighted by Gasteiger charge is -2.42. The van der Waals surface area contributed by atoms with Gasteiger partial charge in [0.15, 0.2) is 10.1 Å². The molecular weight excluding hydrogens is 589 g/mol. The van der Waals surface area contributed by atoms with Crippen LogP contribution < -0.4 is 20.7 Å².